The predicted molar refractivity (Wildman–Crippen MR) is 78.5 cm³/mol. The summed E-state index contributed by atoms with van der Waals surface area (Å²) < 4.78 is 20.7. The van der Waals surface area contributed by atoms with Gasteiger partial charge in [-0.05, 0) is 24.6 Å². The van der Waals surface area contributed by atoms with Crippen LogP contribution in [0.4, 0.5) is 10.3 Å². The third-order valence-corrected chi connectivity index (χ3v) is 3.33. The van der Waals surface area contributed by atoms with E-state index >= 15 is 0 Å². The summed E-state index contributed by atoms with van der Waals surface area (Å²) in [4.78, 5) is 8.65. The minimum atomic E-state index is -0.267. The molecule has 0 saturated heterocycles. The van der Waals surface area contributed by atoms with Gasteiger partial charge in [-0.3, -0.25) is 0 Å². The molecule has 0 aliphatic rings. The van der Waals surface area contributed by atoms with E-state index in [-0.39, 0.29) is 5.82 Å². The normalized spacial score (nSPS) is 11.2. The van der Waals surface area contributed by atoms with Gasteiger partial charge in [-0.2, -0.15) is 0 Å². The van der Waals surface area contributed by atoms with Gasteiger partial charge in [0.2, 0.25) is 5.95 Å². The van der Waals surface area contributed by atoms with Crippen LogP contribution in [0.1, 0.15) is 25.0 Å². The Kier molecular flexibility index (Phi) is 3.60. The van der Waals surface area contributed by atoms with E-state index < -0.39 is 0 Å². The SMILES string of the molecule is CCCc1ncc(CNc2nc3ccc(F)cc3n2C)o1. The maximum absolute atomic E-state index is 13.3. The molecule has 0 aliphatic carbocycles. The first-order chi connectivity index (χ1) is 10.2. The highest BCUT2D eigenvalue weighted by atomic mass is 19.1. The number of benzene rings is 1. The zero-order valence-electron chi connectivity index (χ0n) is 12.1. The predicted octanol–water partition coefficient (Wildman–Crippen LogP) is 3.27. The average molecular weight is 288 g/mol. The number of anilines is 1. The molecule has 1 aromatic carbocycles. The second kappa shape index (κ2) is 5.55. The standard InChI is InChI=1S/C15H17FN4O/c1-3-4-14-17-8-11(21-14)9-18-15-19-12-6-5-10(16)7-13(12)20(15)2/h5-8H,3-4,9H2,1-2H3,(H,18,19). The molecular weight excluding hydrogens is 271 g/mol. The van der Waals surface area contributed by atoms with Gasteiger partial charge in [0.05, 0.1) is 23.8 Å². The highest BCUT2D eigenvalue weighted by molar-refractivity contribution is 5.78. The summed E-state index contributed by atoms with van der Waals surface area (Å²) in [7, 11) is 1.85. The van der Waals surface area contributed by atoms with Gasteiger partial charge in [-0.15, -0.1) is 0 Å². The van der Waals surface area contributed by atoms with E-state index in [1.54, 1.807) is 12.3 Å². The lowest BCUT2D eigenvalue weighted by atomic mass is 10.3. The van der Waals surface area contributed by atoms with Crippen LogP contribution < -0.4 is 5.32 Å². The lowest BCUT2D eigenvalue weighted by molar-refractivity contribution is 0.457. The van der Waals surface area contributed by atoms with Gasteiger partial charge < -0.3 is 14.3 Å². The van der Waals surface area contributed by atoms with Crippen molar-refractivity contribution in [3.8, 4) is 0 Å². The molecule has 0 radical (unpaired) electrons. The lowest BCUT2D eigenvalue weighted by Crippen LogP contribution is -2.04. The molecule has 2 aromatic heterocycles. The van der Waals surface area contributed by atoms with Crippen molar-refractivity contribution >= 4 is 17.0 Å². The topological polar surface area (TPSA) is 55.9 Å². The van der Waals surface area contributed by atoms with Gasteiger partial charge in [-0.1, -0.05) is 6.92 Å². The minimum absolute atomic E-state index is 0.267. The quantitative estimate of drug-likeness (QED) is 0.783. The van der Waals surface area contributed by atoms with Gasteiger partial charge in [0.25, 0.3) is 0 Å². The Morgan fingerprint density at radius 1 is 1.38 bits per heavy atom. The molecule has 0 atom stereocenters. The average Bonchev–Trinajstić information content (AvgIpc) is 3.03. The van der Waals surface area contributed by atoms with Crippen LogP contribution in [0.3, 0.4) is 0 Å². The smallest absolute Gasteiger partial charge is 0.203 e. The van der Waals surface area contributed by atoms with Crippen molar-refractivity contribution < 1.29 is 8.81 Å². The number of hydrogen-bond donors (Lipinski definition) is 1. The van der Waals surface area contributed by atoms with Crippen LogP contribution in [0.5, 0.6) is 0 Å². The summed E-state index contributed by atoms with van der Waals surface area (Å²) in [5, 5.41) is 3.19. The fourth-order valence-corrected chi connectivity index (χ4v) is 2.25. The first kappa shape index (κ1) is 13.6. The minimum Gasteiger partial charge on any atom is -0.444 e. The van der Waals surface area contributed by atoms with Gasteiger partial charge >= 0.3 is 0 Å². The molecule has 0 unspecified atom stereocenters. The Bertz CT molecular complexity index is 762. The van der Waals surface area contributed by atoms with Crippen molar-refractivity contribution in [3.63, 3.8) is 0 Å². The van der Waals surface area contributed by atoms with E-state index in [9.17, 15) is 4.39 Å². The lowest BCUT2D eigenvalue weighted by Gasteiger charge is -2.03. The highest BCUT2D eigenvalue weighted by Gasteiger charge is 2.09. The van der Waals surface area contributed by atoms with Crippen LogP contribution in [0.2, 0.25) is 0 Å². The monoisotopic (exact) mass is 288 g/mol. The third kappa shape index (κ3) is 2.74. The molecule has 110 valence electrons. The van der Waals surface area contributed by atoms with Gasteiger partial charge in [0.15, 0.2) is 5.89 Å². The summed E-state index contributed by atoms with van der Waals surface area (Å²) in [6.07, 6.45) is 3.57. The number of aryl methyl sites for hydroxylation is 2. The van der Waals surface area contributed by atoms with Crippen LogP contribution >= 0.6 is 0 Å². The maximum Gasteiger partial charge on any atom is 0.203 e. The maximum atomic E-state index is 13.3. The second-order valence-electron chi connectivity index (χ2n) is 4.95. The Morgan fingerprint density at radius 3 is 3.05 bits per heavy atom. The first-order valence-electron chi connectivity index (χ1n) is 6.97. The fraction of sp³-hybridized carbons (Fsp3) is 0.333. The van der Waals surface area contributed by atoms with Gasteiger partial charge in [0, 0.05) is 13.5 Å². The Balaban J connectivity index is 1.76. The number of nitrogens with one attached hydrogen (secondary N) is 1. The molecule has 2 heterocycles. The van der Waals surface area contributed by atoms with Gasteiger partial charge in [0.1, 0.15) is 11.6 Å². The summed E-state index contributed by atoms with van der Waals surface area (Å²) in [6.45, 7) is 2.58. The van der Waals surface area contributed by atoms with Gasteiger partial charge in [-0.25, -0.2) is 14.4 Å². The number of imidazole rings is 1. The molecule has 3 rings (SSSR count). The molecule has 1 N–H and O–H groups in total. The van der Waals surface area contributed by atoms with E-state index in [1.165, 1.54) is 12.1 Å². The summed E-state index contributed by atoms with van der Waals surface area (Å²) in [6, 6.07) is 4.55. The van der Waals surface area contributed by atoms with Crippen molar-refractivity contribution in [1.82, 2.24) is 14.5 Å². The van der Waals surface area contributed by atoms with Crippen molar-refractivity contribution in [3.05, 3.63) is 41.9 Å². The molecule has 6 heteroatoms. The molecule has 0 amide bonds. The number of oxazole rings is 1. The number of aromatic nitrogens is 3. The van der Waals surface area contributed by atoms with Crippen molar-refractivity contribution in [2.24, 2.45) is 7.05 Å². The first-order valence-corrected chi connectivity index (χ1v) is 6.97. The van der Waals surface area contributed by atoms with Crippen molar-refractivity contribution in [1.29, 1.82) is 0 Å². The van der Waals surface area contributed by atoms with Crippen LogP contribution in [-0.4, -0.2) is 14.5 Å². The van der Waals surface area contributed by atoms with Crippen LogP contribution in [0, 0.1) is 5.82 Å². The zero-order chi connectivity index (χ0) is 14.8. The van der Waals surface area contributed by atoms with E-state index in [4.69, 9.17) is 4.42 Å². The number of rotatable bonds is 5. The van der Waals surface area contributed by atoms with Crippen molar-refractivity contribution in [2.75, 3.05) is 5.32 Å². The molecule has 0 aliphatic heterocycles. The molecule has 3 aromatic rings. The summed E-state index contributed by atoms with van der Waals surface area (Å²) >= 11 is 0. The van der Waals surface area contributed by atoms with E-state index in [2.05, 4.69) is 22.2 Å². The van der Waals surface area contributed by atoms with Crippen molar-refractivity contribution in [2.45, 2.75) is 26.3 Å². The number of hydrogen-bond acceptors (Lipinski definition) is 4. The van der Waals surface area contributed by atoms with E-state index in [0.29, 0.717) is 12.5 Å². The second-order valence-corrected chi connectivity index (χ2v) is 4.95. The highest BCUT2D eigenvalue weighted by Crippen LogP contribution is 2.19. The molecule has 21 heavy (non-hydrogen) atoms. The van der Waals surface area contributed by atoms with Crippen LogP contribution in [0.15, 0.2) is 28.8 Å². The Hall–Kier alpha value is -2.37. The molecule has 5 nitrogen and oxygen atoms in total. The number of nitrogens with zero attached hydrogens (tertiary/aromatic N) is 3. The fourth-order valence-electron chi connectivity index (χ4n) is 2.25. The Labute approximate surface area is 121 Å². The van der Waals surface area contributed by atoms with Crippen LogP contribution in [0.25, 0.3) is 11.0 Å². The third-order valence-electron chi connectivity index (χ3n) is 3.33. The largest absolute Gasteiger partial charge is 0.444 e. The molecular formula is C15H17FN4O. The van der Waals surface area contributed by atoms with E-state index in [1.807, 2.05) is 11.6 Å². The molecule has 0 bridgehead atoms. The summed E-state index contributed by atoms with van der Waals surface area (Å²) in [5.74, 6) is 1.92. The zero-order valence-corrected chi connectivity index (χ0v) is 12.1. The molecule has 0 fully saturated rings. The van der Waals surface area contributed by atoms with Crippen LogP contribution in [-0.2, 0) is 20.0 Å². The Morgan fingerprint density at radius 2 is 2.24 bits per heavy atom. The summed E-state index contributed by atoms with van der Waals surface area (Å²) in [5.41, 5.74) is 1.51. The molecule has 0 spiro atoms. The van der Waals surface area contributed by atoms with E-state index in [0.717, 1.165) is 35.5 Å². The number of halogens is 1. The number of fused-ring (bicyclic) bond motifs is 1. The molecule has 0 saturated carbocycles.